The van der Waals surface area contributed by atoms with E-state index in [-0.39, 0.29) is 17.9 Å². The molecule has 1 amide bonds. The number of hydrogen-bond acceptors (Lipinski definition) is 6. The van der Waals surface area contributed by atoms with Crippen LogP contribution in [0, 0.1) is 5.41 Å². The summed E-state index contributed by atoms with van der Waals surface area (Å²) >= 11 is 0. The highest BCUT2D eigenvalue weighted by Gasteiger charge is 2.41. The minimum Gasteiger partial charge on any atom is -0.396 e. The zero-order valence-electron chi connectivity index (χ0n) is 13.4. The molecule has 3 rings (SSSR count). The van der Waals surface area contributed by atoms with E-state index in [1.54, 1.807) is 0 Å². The summed E-state index contributed by atoms with van der Waals surface area (Å²) in [5, 5.41) is 9.03. The maximum Gasteiger partial charge on any atom is 0.222 e. The van der Waals surface area contributed by atoms with Crippen molar-refractivity contribution in [3.8, 4) is 0 Å². The van der Waals surface area contributed by atoms with Crippen molar-refractivity contribution in [1.29, 1.82) is 0 Å². The molecule has 1 aromatic rings. The summed E-state index contributed by atoms with van der Waals surface area (Å²) in [7, 11) is 0. The van der Waals surface area contributed by atoms with Crippen LogP contribution in [0.25, 0.3) is 0 Å². The Kier molecular flexibility index (Phi) is 4.66. The van der Waals surface area contributed by atoms with E-state index in [1.165, 1.54) is 6.33 Å². The maximum atomic E-state index is 12.1. The van der Waals surface area contributed by atoms with Gasteiger partial charge in [0.25, 0.3) is 0 Å². The predicted octanol–water partition coefficient (Wildman–Crippen LogP) is 0.650. The molecule has 0 bridgehead atoms. The predicted molar refractivity (Wildman–Crippen MR) is 87.8 cm³/mol. The molecule has 2 aliphatic rings. The summed E-state index contributed by atoms with van der Waals surface area (Å²) in [4.78, 5) is 24.6. The van der Waals surface area contributed by atoms with Crippen LogP contribution in [0.2, 0.25) is 0 Å². The van der Waals surface area contributed by atoms with Crippen LogP contribution in [0.3, 0.4) is 0 Å². The van der Waals surface area contributed by atoms with Gasteiger partial charge in [0.15, 0.2) is 0 Å². The number of nitrogens with zero attached hydrogens (tertiary/aromatic N) is 4. The van der Waals surface area contributed by atoms with E-state index < -0.39 is 0 Å². The summed E-state index contributed by atoms with van der Waals surface area (Å²) in [5.74, 6) is 1.57. The van der Waals surface area contributed by atoms with E-state index in [4.69, 9.17) is 10.8 Å². The second kappa shape index (κ2) is 6.70. The highest BCUT2D eigenvalue weighted by molar-refractivity contribution is 5.77. The molecule has 2 aliphatic heterocycles. The Morgan fingerprint density at radius 2 is 2.17 bits per heavy atom. The normalized spacial score (nSPS) is 25.2. The molecule has 126 valence electrons. The molecule has 23 heavy (non-hydrogen) atoms. The van der Waals surface area contributed by atoms with Crippen molar-refractivity contribution >= 4 is 17.5 Å². The lowest BCUT2D eigenvalue weighted by atomic mass is 9.73. The summed E-state index contributed by atoms with van der Waals surface area (Å²) in [6.07, 6.45) is 5.90. The van der Waals surface area contributed by atoms with Crippen LogP contribution in [0.5, 0.6) is 0 Å². The van der Waals surface area contributed by atoms with E-state index >= 15 is 0 Å². The van der Waals surface area contributed by atoms with Crippen LogP contribution in [0.15, 0.2) is 12.4 Å². The third-order valence-corrected chi connectivity index (χ3v) is 4.99. The first-order valence-corrected chi connectivity index (χ1v) is 8.33. The number of hydrogen-bond donors (Lipinski definition) is 2. The number of carbonyl (C=O) groups is 1. The third-order valence-electron chi connectivity index (χ3n) is 4.99. The number of aromatic nitrogens is 2. The molecule has 1 spiro atoms. The van der Waals surface area contributed by atoms with Gasteiger partial charge < -0.3 is 20.6 Å². The number of aliphatic hydroxyl groups is 1. The smallest absolute Gasteiger partial charge is 0.222 e. The SMILES string of the molecule is Nc1cc(N2CCCC3(CCC(=O)N(CCCO)C3)C2)ncn1. The number of nitrogens with two attached hydrogens (primary N) is 1. The fourth-order valence-electron chi connectivity index (χ4n) is 3.84. The molecule has 3 N–H and O–H groups in total. The average Bonchev–Trinajstić information content (AvgIpc) is 2.56. The van der Waals surface area contributed by atoms with Crippen LogP contribution in [0.1, 0.15) is 32.1 Å². The van der Waals surface area contributed by atoms with Crippen molar-refractivity contribution in [2.45, 2.75) is 32.1 Å². The van der Waals surface area contributed by atoms with Crippen molar-refractivity contribution in [2.24, 2.45) is 5.41 Å². The van der Waals surface area contributed by atoms with Gasteiger partial charge in [-0.2, -0.15) is 0 Å². The lowest BCUT2D eigenvalue weighted by Crippen LogP contribution is -2.54. The zero-order chi connectivity index (χ0) is 16.3. The van der Waals surface area contributed by atoms with Crippen molar-refractivity contribution < 1.29 is 9.90 Å². The minimum atomic E-state index is 0.126. The Labute approximate surface area is 136 Å². The number of piperidine rings is 2. The van der Waals surface area contributed by atoms with Crippen LogP contribution in [-0.2, 0) is 4.79 Å². The quantitative estimate of drug-likeness (QED) is 0.846. The number of aliphatic hydroxyl groups excluding tert-OH is 1. The van der Waals surface area contributed by atoms with Crippen molar-refractivity contribution in [1.82, 2.24) is 14.9 Å². The number of amides is 1. The molecule has 0 aromatic carbocycles. The molecule has 2 fully saturated rings. The molecule has 2 saturated heterocycles. The van der Waals surface area contributed by atoms with Crippen molar-refractivity contribution in [3.05, 3.63) is 12.4 Å². The molecular formula is C16H25N5O2. The van der Waals surface area contributed by atoms with E-state index in [9.17, 15) is 4.79 Å². The lowest BCUT2D eigenvalue weighted by molar-refractivity contribution is -0.138. The monoisotopic (exact) mass is 319 g/mol. The Balaban J connectivity index is 1.72. The first kappa shape index (κ1) is 16.0. The number of nitrogen functional groups attached to an aromatic ring is 1. The van der Waals surface area contributed by atoms with Gasteiger partial charge in [-0.1, -0.05) is 0 Å². The topological polar surface area (TPSA) is 95.6 Å². The molecule has 1 unspecified atom stereocenters. The number of anilines is 2. The highest BCUT2D eigenvalue weighted by atomic mass is 16.3. The molecule has 7 nitrogen and oxygen atoms in total. The van der Waals surface area contributed by atoms with E-state index in [0.717, 1.165) is 44.7 Å². The van der Waals surface area contributed by atoms with Gasteiger partial charge in [-0.3, -0.25) is 4.79 Å². The Bertz CT molecular complexity index is 567. The van der Waals surface area contributed by atoms with Crippen LogP contribution in [-0.4, -0.2) is 58.7 Å². The first-order chi connectivity index (χ1) is 11.1. The molecule has 0 aliphatic carbocycles. The van der Waals surface area contributed by atoms with Crippen LogP contribution < -0.4 is 10.6 Å². The summed E-state index contributed by atoms with van der Waals surface area (Å²) in [6, 6.07) is 1.82. The van der Waals surface area contributed by atoms with Gasteiger partial charge in [-0.15, -0.1) is 0 Å². The standard InChI is InChI=1S/C16H25N5O2/c17-13-9-14(19-12-18-13)20-6-1-4-16(10-20)5-3-15(23)21(11-16)7-2-8-22/h9,12,22H,1-8,10-11H2,(H2,17,18,19). The Morgan fingerprint density at radius 3 is 2.96 bits per heavy atom. The average molecular weight is 319 g/mol. The van der Waals surface area contributed by atoms with Gasteiger partial charge in [0.1, 0.15) is 18.0 Å². The molecule has 1 atom stereocenters. The van der Waals surface area contributed by atoms with Crippen LogP contribution >= 0.6 is 0 Å². The summed E-state index contributed by atoms with van der Waals surface area (Å²) < 4.78 is 0. The molecule has 1 aromatic heterocycles. The Morgan fingerprint density at radius 1 is 1.30 bits per heavy atom. The van der Waals surface area contributed by atoms with Crippen molar-refractivity contribution in [3.63, 3.8) is 0 Å². The van der Waals surface area contributed by atoms with Gasteiger partial charge in [0.2, 0.25) is 5.91 Å². The van der Waals surface area contributed by atoms with Gasteiger partial charge in [-0.05, 0) is 25.7 Å². The molecule has 0 saturated carbocycles. The fourth-order valence-corrected chi connectivity index (χ4v) is 3.84. The second-order valence-electron chi connectivity index (χ2n) is 6.72. The zero-order valence-corrected chi connectivity index (χ0v) is 13.4. The van der Waals surface area contributed by atoms with Gasteiger partial charge in [0, 0.05) is 50.7 Å². The van der Waals surface area contributed by atoms with E-state index in [0.29, 0.717) is 25.2 Å². The number of likely N-dealkylation sites (tertiary alicyclic amines) is 1. The minimum absolute atomic E-state index is 0.126. The number of rotatable bonds is 4. The molecular weight excluding hydrogens is 294 g/mol. The Hall–Kier alpha value is -1.89. The molecule has 0 radical (unpaired) electrons. The van der Waals surface area contributed by atoms with Crippen molar-refractivity contribution in [2.75, 3.05) is 43.4 Å². The largest absolute Gasteiger partial charge is 0.396 e. The molecule has 7 heteroatoms. The van der Waals surface area contributed by atoms with Gasteiger partial charge in [-0.25, -0.2) is 9.97 Å². The third kappa shape index (κ3) is 3.55. The van der Waals surface area contributed by atoms with E-state index in [1.807, 2.05) is 11.0 Å². The first-order valence-electron chi connectivity index (χ1n) is 8.33. The van der Waals surface area contributed by atoms with Gasteiger partial charge >= 0.3 is 0 Å². The van der Waals surface area contributed by atoms with E-state index in [2.05, 4.69) is 14.9 Å². The highest BCUT2D eigenvalue weighted by Crippen LogP contribution is 2.39. The lowest BCUT2D eigenvalue weighted by Gasteiger charge is -2.48. The second-order valence-corrected chi connectivity index (χ2v) is 6.72. The van der Waals surface area contributed by atoms with Crippen LogP contribution in [0.4, 0.5) is 11.6 Å². The maximum absolute atomic E-state index is 12.1. The number of carbonyl (C=O) groups excluding carboxylic acids is 1. The fraction of sp³-hybridized carbons (Fsp3) is 0.688. The summed E-state index contributed by atoms with van der Waals surface area (Å²) in [5.41, 5.74) is 5.90. The summed E-state index contributed by atoms with van der Waals surface area (Å²) in [6.45, 7) is 3.42. The van der Waals surface area contributed by atoms with Gasteiger partial charge in [0.05, 0.1) is 0 Å². The molecule has 3 heterocycles.